The van der Waals surface area contributed by atoms with Crippen molar-refractivity contribution in [2.45, 2.75) is 0 Å². The van der Waals surface area contributed by atoms with Crippen LogP contribution in [0.2, 0.25) is 0 Å². The van der Waals surface area contributed by atoms with Gasteiger partial charge in [0.25, 0.3) is 5.91 Å². The standard InChI is InChI=1S/C15H14N4O3S/c1-23(21,22)19-11-6-4-5-10(9-11)14(20)18-15-16-12-7-2-3-8-13(12)17-15/h2-9,19H,1H3,(H2,16,17,18,20). The lowest BCUT2D eigenvalue weighted by Crippen LogP contribution is -2.14. The predicted octanol–water partition coefficient (Wildman–Crippen LogP) is 2.19. The van der Waals surface area contributed by atoms with Crippen molar-refractivity contribution in [3.63, 3.8) is 0 Å². The lowest BCUT2D eigenvalue weighted by atomic mass is 10.2. The van der Waals surface area contributed by atoms with Crippen molar-refractivity contribution in [2.75, 3.05) is 16.3 Å². The van der Waals surface area contributed by atoms with Crippen LogP contribution >= 0.6 is 0 Å². The van der Waals surface area contributed by atoms with Crippen molar-refractivity contribution in [1.29, 1.82) is 0 Å². The summed E-state index contributed by atoms with van der Waals surface area (Å²) in [4.78, 5) is 19.5. The molecule has 0 aliphatic heterocycles. The van der Waals surface area contributed by atoms with Crippen LogP contribution in [-0.2, 0) is 10.0 Å². The average molecular weight is 330 g/mol. The Balaban J connectivity index is 1.81. The largest absolute Gasteiger partial charge is 0.324 e. The van der Waals surface area contributed by atoms with Gasteiger partial charge in [-0.3, -0.25) is 14.8 Å². The number of benzene rings is 2. The van der Waals surface area contributed by atoms with Crippen molar-refractivity contribution in [3.8, 4) is 0 Å². The summed E-state index contributed by atoms with van der Waals surface area (Å²) in [7, 11) is -3.40. The van der Waals surface area contributed by atoms with Gasteiger partial charge >= 0.3 is 0 Å². The molecule has 7 nitrogen and oxygen atoms in total. The Morgan fingerprint density at radius 1 is 1.13 bits per heavy atom. The van der Waals surface area contributed by atoms with E-state index in [1.165, 1.54) is 6.07 Å². The number of para-hydroxylation sites is 2. The molecule has 1 aromatic heterocycles. The van der Waals surface area contributed by atoms with E-state index in [9.17, 15) is 13.2 Å². The summed E-state index contributed by atoms with van der Waals surface area (Å²) in [6.45, 7) is 0. The van der Waals surface area contributed by atoms with Crippen LogP contribution in [0, 0.1) is 0 Å². The molecule has 0 radical (unpaired) electrons. The summed E-state index contributed by atoms with van der Waals surface area (Å²) >= 11 is 0. The van der Waals surface area contributed by atoms with Gasteiger partial charge in [-0.05, 0) is 30.3 Å². The molecule has 0 aliphatic carbocycles. The van der Waals surface area contributed by atoms with Crippen LogP contribution in [0.3, 0.4) is 0 Å². The maximum atomic E-state index is 12.3. The average Bonchev–Trinajstić information content (AvgIpc) is 2.87. The molecule has 0 atom stereocenters. The molecule has 0 saturated carbocycles. The van der Waals surface area contributed by atoms with E-state index < -0.39 is 10.0 Å². The van der Waals surface area contributed by atoms with Gasteiger partial charge in [0.05, 0.1) is 17.3 Å². The van der Waals surface area contributed by atoms with E-state index in [2.05, 4.69) is 20.0 Å². The topological polar surface area (TPSA) is 104 Å². The zero-order chi connectivity index (χ0) is 16.4. The van der Waals surface area contributed by atoms with Gasteiger partial charge < -0.3 is 4.98 Å². The van der Waals surface area contributed by atoms with Crippen LogP contribution in [0.25, 0.3) is 11.0 Å². The molecule has 0 aliphatic rings. The monoisotopic (exact) mass is 330 g/mol. The Morgan fingerprint density at radius 3 is 2.65 bits per heavy atom. The van der Waals surface area contributed by atoms with E-state index in [1.54, 1.807) is 18.2 Å². The lowest BCUT2D eigenvalue weighted by molar-refractivity contribution is 0.102. The highest BCUT2D eigenvalue weighted by Crippen LogP contribution is 2.16. The van der Waals surface area contributed by atoms with Crippen LogP contribution < -0.4 is 10.0 Å². The van der Waals surface area contributed by atoms with Crippen LogP contribution in [0.1, 0.15) is 10.4 Å². The molecule has 0 saturated heterocycles. The molecule has 0 spiro atoms. The Hall–Kier alpha value is -2.87. The zero-order valence-corrected chi connectivity index (χ0v) is 13.0. The van der Waals surface area contributed by atoms with E-state index in [4.69, 9.17) is 0 Å². The van der Waals surface area contributed by atoms with Crippen molar-refractivity contribution in [3.05, 3.63) is 54.1 Å². The van der Waals surface area contributed by atoms with Gasteiger partial charge in [0.15, 0.2) is 0 Å². The number of nitrogens with zero attached hydrogens (tertiary/aromatic N) is 1. The summed E-state index contributed by atoms with van der Waals surface area (Å²) in [6, 6.07) is 13.6. The summed E-state index contributed by atoms with van der Waals surface area (Å²) in [5.74, 6) is -0.0566. The van der Waals surface area contributed by atoms with E-state index in [0.717, 1.165) is 17.3 Å². The molecular weight excluding hydrogens is 316 g/mol. The predicted molar refractivity (Wildman–Crippen MR) is 89.0 cm³/mol. The van der Waals surface area contributed by atoms with E-state index in [-0.39, 0.29) is 5.91 Å². The van der Waals surface area contributed by atoms with Crippen LogP contribution in [0.15, 0.2) is 48.5 Å². The van der Waals surface area contributed by atoms with Crippen LogP contribution in [0.5, 0.6) is 0 Å². The summed E-state index contributed by atoms with van der Waals surface area (Å²) in [5, 5.41) is 2.65. The molecular formula is C15H14N4O3S. The third-order valence-corrected chi connectivity index (χ3v) is 3.66. The first-order valence-electron chi connectivity index (χ1n) is 6.75. The molecule has 1 heterocycles. The van der Waals surface area contributed by atoms with Crippen molar-refractivity contribution >= 4 is 38.6 Å². The fourth-order valence-corrected chi connectivity index (χ4v) is 2.68. The van der Waals surface area contributed by atoms with Gasteiger partial charge in [0.2, 0.25) is 16.0 Å². The Labute approximate surface area is 132 Å². The number of anilines is 2. The highest BCUT2D eigenvalue weighted by atomic mass is 32.2. The number of aromatic nitrogens is 2. The molecule has 3 aromatic rings. The molecule has 3 N–H and O–H groups in total. The second-order valence-corrected chi connectivity index (χ2v) is 6.76. The fourth-order valence-electron chi connectivity index (χ4n) is 2.13. The Bertz CT molecular complexity index is 946. The number of hydrogen-bond donors (Lipinski definition) is 3. The first-order valence-corrected chi connectivity index (χ1v) is 8.64. The van der Waals surface area contributed by atoms with Gasteiger partial charge in [-0.15, -0.1) is 0 Å². The van der Waals surface area contributed by atoms with E-state index in [0.29, 0.717) is 17.2 Å². The summed E-state index contributed by atoms with van der Waals surface area (Å²) < 4.78 is 24.8. The highest BCUT2D eigenvalue weighted by Gasteiger charge is 2.11. The molecule has 23 heavy (non-hydrogen) atoms. The van der Waals surface area contributed by atoms with E-state index >= 15 is 0 Å². The maximum Gasteiger partial charge on any atom is 0.258 e. The molecule has 8 heteroatoms. The number of H-pyrrole nitrogens is 1. The molecule has 118 valence electrons. The van der Waals surface area contributed by atoms with E-state index in [1.807, 2.05) is 24.3 Å². The number of hydrogen-bond acceptors (Lipinski definition) is 4. The molecule has 0 bridgehead atoms. The van der Waals surface area contributed by atoms with Crippen molar-refractivity contribution in [1.82, 2.24) is 9.97 Å². The summed E-state index contributed by atoms with van der Waals surface area (Å²) in [6.07, 6.45) is 1.05. The summed E-state index contributed by atoms with van der Waals surface area (Å²) in [5.41, 5.74) is 2.20. The smallest absolute Gasteiger partial charge is 0.258 e. The van der Waals surface area contributed by atoms with Gasteiger partial charge in [-0.2, -0.15) is 0 Å². The van der Waals surface area contributed by atoms with Gasteiger partial charge in [0, 0.05) is 11.3 Å². The van der Waals surface area contributed by atoms with Crippen molar-refractivity contribution < 1.29 is 13.2 Å². The second-order valence-electron chi connectivity index (χ2n) is 5.01. The molecule has 0 fully saturated rings. The van der Waals surface area contributed by atoms with Crippen LogP contribution in [-0.4, -0.2) is 30.5 Å². The number of carbonyl (C=O) groups is 1. The first-order chi connectivity index (χ1) is 10.9. The number of carbonyl (C=O) groups excluding carboxylic acids is 1. The Kier molecular flexibility index (Phi) is 3.75. The number of aromatic amines is 1. The lowest BCUT2D eigenvalue weighted by Gasteiger charge is -2.06. The minimum atomic E-state index is -3.40. The van der Waals surface area contributed by atoms with Crippen molar-refractivity contribution in [2.24, 2.45) is 0 Å². The zero-order valence-electron chi connectivity index (χ0n) is 12.2. The minimum absolute atomic E-state index is 0.319. The first kappa shape index (κ1) is 15.0. The molecule has 2 aromatic carbocycles. The number of fused-ring (bicyclic) bond motifs is 1. The minimum Gasteiger partial charge on any atom is -0.324 e. The third kappa shape index (κ3) is 3.67. The number of nitrogens with one attached hydrogen (secondary N) is 3. The quantitative estimate of drug-likeness (QED) is 0.682. The number of amides is 1. The number of rotatable bonds is 4. The number of imidazole rings is 1. The highest BCUT2D eigenvalue weighted by molar-refractivity contribution is 7.92. The molecule has 3 rings (SSSR count). The molecule has 1 amide bonds. The fraction of sp³-hybridized carbons (Fsp3) is 0.0667. The molecule has 0 unspecified atom stereocenters. The normalized spacial score (nSPS) is 11.3. The second kappa shape index (κ2) is 5.73. The van der Waals surface area contributed by atoms with Crippen LogP contribution in [0.4, 0.5) is 11.6 Å². The third-order valence-electron chi connectivity index (χ3n) is 3.05. The Morgan fingerprint density at radius 2 is 1.91 bits per heavy atom. The maximum absolute atomic E-state index is 12.3. The SMILES string of the molecule is CS(=O)(=O)Nc1cccc(C(=O)Nc2nc3ccccc3[nH]2)c1. The van der Waals surface area contributed by atoms with Gasteiger partial charge in [0.1, 0.15) is 0 Å². The van der Waals surface area contributed by atoms with Gasteiger partial charge in [-0.25, -0.2) is 13.4 Å². The van der Waals surface area contributed by atoms with Gasteiger partial charge in [-0.1, -0.05) is 18.2 Å². The number of sulfonamides is 1.